The van der Waals surface area contributed by atoms with Gasteiger partial charge in [-0.2, -0.15) is 0 Å². The number of fused-ring (bicyclic) bond motifs is 1. The number of ether oxygens (including phenoxy) is 2. The molecule has 12 heteroatoms. The van der Waals surface area contributed by atoms with Crippen LogP contribution in [0.5, 0.6) is 5.75 Å². The van der Waals surface area contributed by atoms with Crippen LogP contribution in [0.25, 0.3) is 0 Å². The predicted molar refractivity (Wildman–Crippen MR) is 142 cm³/mol. The van der Waals surface area contributed by atoms with Gasteiger partial charge in [0.15, 0.2) is 17.1 Å². The number of carbonyl (C=O) groups is 2. The number of methoxy groups -OCH3 is 1. The summed E-state index contributed by atoms with van der Waals surface area (Å²) in [5, 5.41) is 12.7. The van der Waals surface area contributed by atoms with Crippen molar-refractivity contribution < 1.29 is 23.5 Å². The third kappa shape index (κ3) is 6.10. The Balaban J connectivity index is 1.44. The van der Waals surface area contributed by atoms with Gasteiger partial charge in [-0.15, -0.1) is 21.5 Å². The highest BCUT2D eigenvalue weighted by atomic mass is 35.5. The molecule has 0 spiro atoms. The van der Waals surface area contributed by atoms with Crippen LogP contribution in [-0.4, -0.2) is 39.5 Å². The van der Waals surface area contributed by atoms with E-state index in [0.717, 1.165) is 29.7 Å². The first-order valence-corrected chi connectivity index (χ1v) is 14.1. The fraction of sp³-hybridized carbons (Fsp3) is 0.440. The summed E-state index contributed by atoms with van der Waals surface area (Å²) in [5.41, 5.74) is 1.46. The Labute approximate surface area is 227 Å². The van der Waals surface area contributed by atoms with Gasteiger partial charge in [0.2, 0.25) is 5.91 Å². The molecule has 4 rings (SSSR count). The number of benzene rings is 1. The molecule has 2 aromatic heterocycles. The monoisotopic (exact) mass is 566 g/mol. The van der Waals surface area contributed by atoms with Crippen molar-refractivity contribution in [2.45, 2.75) is 57.8 Å². The van der Waals surface area contributed by atoms with Crippen LogP contribution in [0.15, 0.2) is 23.4 Å². The quantitative estimate of drug-likeness (QED) is 0.253. The van der Waals surface area contributed by atoms with Gasteiger partial charge >= 0.3 is 5.97 Å². The zero-order valence-corrected chi connectivity index (χ0v) is 23.4. The van der Waals surface area contributed by atoms with Gasteiger partial charge in [0, 0.05) is 11.4 Å². The van der Waals surface area contributed by atoms with Crippen molar-refractivity contribution in [2.75, 3.05) is 18.2 Å². The van der Waals surface area contributed by atoms with Gasteiger partial charge in [-0.1, -0.05) is 30.3 Å². The van der Waals surface area contributed by atoms with Gasteiger partial charge in [0.05, 0.1) is 23.4 Å². The molecule has 0 fully saturated rings. The molecule has 37 heavy (non-hydrogen) atoms. The van der Waals surface area contributed by atoms with E-state index in [9.17, 15) is 14.0 Å². The molecule has 8 nitrogen and oxygen atoms in total. The van der Waals surface area contributed by atoms with Crippen LogP contribution in [0.3, 0.4) is 0 Å². The molecule has 198 valence electrons. The van der Waals surface area contributed by atoms with Crippen LogP contribution in [0, 0.1) is 11.7 Å². The number of aromatic nitrogens is 3. The molecule has 1 N–H and O–H groups in total. The largest absolute Gasteiger partial charge is 0.481 e. The van der Waals surface area contributed by atoms with E-state index >= 15 is 0 Å². The number of nitrogens with one attached hydrogen (secondary N) is 1. The molecule has 0 saturated heterocycles. The van der Waals surface area contributed by atoms with Crippen LogP contribution in [0.1, 0.15) is 59.9 Å². The van der Waals surface area contributed by atoms with Crippen molar-refractivity contribution in [3.63, 3.8) is 0 Å². The third-order valence-corrected chi connectivity index (χ3v) is 8.54. The number of nitrogens with zero attached hydrogens (tertiary/aromatic N) is 3. The Morgan fingerprint density at radius 1 is 1.38 bits per heavy atom. The Bertz CT molecular complexity index is 1310. The van der Waals surface area contributed by atoms with E-state index in [2.05, 4.69) is 22.4 Å². The highest BCUT2D eigenvalue weighted by Crippen LogP contribution is 2.40. The number of hydrogen-bond acceptors (Lipinski definition) is 8. The van der Waals surface area contributed by atoms with Crippen molar-refractivity contribution in [2.24, 2.45) is 5.92 Å². The van der Waals surface area contributed by atoms with Crippen LogP contribution < -0.4 is 10.1 Å². The van der Waals surface area contributed by atoms with Crippen LogP contribution >= 0.6 is 34.7 Å². The first kappa shape index (κ1) is 27.4. The Hall–Kier alpha value is -2.63. The van der Waals surface area contributed by atoms with Crippen LogP contribution in [-0.2, 0) is 28.9 Å². The summed E-state index contributed by atoms with van der Waals surface area (Å²) in [6.45, 7) is 6.48. The number of anilines is 1. The minimum atomic E-state index is -0.513. The second kappa shape index (κ2) is 11.8. The Kier molecular flexibility index (Phi) is 8.76. The average molecular weight is 567 g/mol. The highest BCUT2D eigenvalue weighted by molar-refractivity contribution is 7.99. The molecule has 0 aliphatic heterocycles. The maximum absolute atomic E-state index is 13.3. The summed E-state index contributed by atoms with van der Waals surface area (Å²) in [7, 11) is 1.35. The smallest absolute Gasteiger partial charge is 0.341 e. The molecular formula is C25H28ClFN4O4S2. The van der Waals surface area contributed by atoms with Gasteiger partial charge < -0.3 is 19.4 Å². The van der Waals surface area contributed by atoms with Gasteiger partial charge in [-0.25, -0.2) is 9.18 Å². The maximum atomic E-state index is 13.3. The molecular weight excluding hydrogens is 539 g/mol. The van der Waals surface area contributed by atoms with Gasteiger partial charge in [-0.3, -0.25) is 4.79 Å². The molecule has 2 unspecified atom stereocenters. The maximum Gasteiger partial charge on any atom is 0.341 e. The molecule has 1 aromatic carbocycles. The summed E-state index contributed by atoms with van der Waals surface area (Å²) in [4.78, 5) is 26.5. The highest BCUT2D eigenvalue weighted by Gasteiger charge is 2.29. The van der Waals surface area contributed by atoms with Gasteiger partial charge in [0.1, 0.15) is 16.6 Å². The topological polar surface area (TPSA) is 95.3 Å². The summed E-state index contributed by atoms with van der Waals surface area (Å²) >= 11 is 8.78. The fourth-order valence-electron chi connectivity index (χ4n) is 4.27. The first-order valence-electron chi connectivity index (χ1n) is 11.9. The lowest BCUT2D eigenvalue weighted by Gasteiger charge is -2.18. The minimum absolute atomic E-state index is 0.0801. The van der Waals surface area contributed by atoms with E-state index in [-0.39, 0.29) is 16.7 Å². The molecule has 2 heterocycles. The fourth-order valence-corrected chi connectivity index (χ4v) is 6.70. The van der Waals surface area contributed by atoms with Crippen molar-refractivity contribution in [3.8, 4) is 5.75 Å². The number of thiophene rings is 1. The average Bonchev–Trinajstić information content (AvgIpc) is 3.44. The molecule has 2 atom stereocenters. The third-order valence-electron chi connectivity index (χ3n) is 6.11. The van der Waals surface area contributed by atoms with E-state index in [0.29, 0.717) is 39.8 Å². The normalized spacial score (nSPS) is 15.7. The number of hydrogen-bond donors (Lipinski definition) is 1. The van der Waals surface area contributed by atoms with Crippen LogP contribution in [0.4, 0.5) is 9.39 Å². The van der Waals surface area contributed by atoms with Crippen molar-refractivity contribution >= 4 is 51.6 Å². The van der Waals surface area contributed by atoms with E-state index in [1.54, 1.807) is 6.92 Å². The molecule has 0 radical (unpaired) electrons. The summed E-state index contributed by atoms with van der Waals surface area (Å²) in [6, 6.07) is 3.92. The number of carbonyl (C=O) groups excluding carboxylic acids is 2. The standard InChI is InChI=1S/C25H28ClFN4O4S2/c1-5-31-22(14(3)35-18-9-7-15(27)11-17(18)26)29-30-25(31)36-12-20(32)28-23-21(24(33)34-4)16-8-6-13(2)10-19(16)37-23/h7,9,11,13-14H,5-6,8,10,12H2,1-4H3,(H,28,32). The first-order chi connectivity index (χ1) is 17.7. The molecule has 1 amide bonds. The SMILES string of the molecule is CCn1c(SCC(=O)Nc2sc3c(c2C(=O)OC)CCC(C)C3)nnc1C(C)Oc1ccc(F)cc1Cl. The van der Waals surface area contributed by atoms with Crippen molar-refractivity contribution in [1.82, 2.24) is 14.8 Å². The minimum Gasteiger partial charge on any atom is -0.481 e. The molecule has 0 saturated carbocycles. The second-order valence-electron chi connectivity index (χ2n) is 8.80. The number of esters is 1. The van der Waals surface area contributed by atoms with Crippen molar-refractivity contribution in [1.29, 1.82) is 0 Å². The lowest BCUT2D eigenvalue weighted by atomic mass is 9.88. The zero-order chi connectivity index (χ0) is 26.7. The molecule has 0 bridgehead atoms. The summed E-state index contributed by atoms with van der Waals surface area (Å²) < 4.78 is 26.1. The van der Waals surface area contributed by atoms with Gasteiger partial charge in [-0.05, 0) is 62.8 Å². The lowest BCUT2D eigenvalue weighted by Crippen LogP contribution is -2.17. The zero-order valence-electron chi connectivity index (χ0n) is 21.0. The molecule has 3 aromatic rings. The predicted octanol–water partition coefficient (Wildman–Crippen LogP) is 5.93. The number of rotatable bonds is 9. The van der Waals surface area contributed by atoms with E-state index in [1.807, 2.05) is 11.5 Å². The number of halogens is 2. The second-order valence-corrected chi connectivity index (χ2v) is 11.3. The summed E-state index contributed by atoms with van der Waals surface area (Å²) in [6.07, 6.45) is 2.18. The molecule has 1 aliphatic rings. The molecule has 1 aliphatic carbocycles. The van der Waals surface area contributed by atoms with E-state index in [4.69, 9.17) is 21.1 Å². The van der Waals surface area contributed by atoms with E-state index < -0.39 is 17.9 Å². The lowest BCUT2D eigenvalue weighted by molar-refractivity contribution is -0.113. The summed E-state index contributed by atoms with van der Waals surface area (Å²) in [5.74, 6) is 0.377. The van der Waals surface area contributed by atoms with Gasteiger partial charge in [0.25, 0.3) is 0 Å². The Morgan fingerprint density at radius 2 is 2.16 bits per heavy atom. The van der Waals surface area contributed by atoms with Crippen molar-refractivity contribution in [3.05, 3.63) is 50.9 Å². The van der Waals surface area contributed by atoms with E-state index in [1.165, 1.54) is 48.4 Å². The number of amides is 1. The Morgan fingerprint density at radius 3 is 2.86 bits per heavy atom. The van der Waals surface area contributed by atoms with Crippen LogP contribution in [0.2, 0.25) is 5.02 Å². The number of thioether (sulfide) groups is 1.